The van der Waals surface area contributed by atoms with Crippen molar-refractivity contribution < 1.29 is 13.9 Å². The molecule has 0 aliphatic heterocycles. The summed E-state index contributed by atoms with van der Waals surface area (Å²) in [6, 6.07) is 15.4. The molecule has 3 heterocycles. The molecule has 2 N–H and O–H groups in total. The lowest BCUT2D eigenvalue weighted by Crippen LogP contribution is -2.11. The number of fused-ring (bicyclic) bond motifs is 2. The Kier molecular flexibility index (Phi) is 4.71. The third-order valence-corrected chi connectivity index (χ3v) is 5.37. The van der Waals surface area contributed by atoms with E-state index in [-0.39, 0.29) is 5.82 Å². The summed E-state index contributed by atoms with van der Waals surface area (Å²) in [6.07, 6.45) is -0.605. The fourth-order valence-electron chi connectivity index (χ4n) is 2.97. The van der Waals surface area contributed by atoms with Crippen LogP contribution in [0.15, 0.2) is 64.6 Å². The summed E-state index contributed by atoms with van der Waals surface area (Å²) in [4.78, 5) is 19.6. The lowest BCUT2D eigenvalue weighted by Gasteiger charge is -2.03. The lowest BCUT2D eigenvalue weighted by atomic mass is 10.1. The molecular weight excluding hydrogens is 421 g/mol. The standard InChI is InChI=1S/C20H14FN7O2S/c1-30-20(29)24-18-22-15-7-6-13(10-16(15)23-18)31-19-26-25-17-9-8-14(27-28(17)19)11-2-4-12(21)5-3-11/h2-10H,1H3,(H2,22,23,24,29). The summed E-state index contributed by atoms with van der Waals surface area (Å²) in [5.41, 5.74) is 3.50. The van der Waals surface area contributed by atoms with Gasteiger partial charge >= 0.3 is 6.09 Å². The molecule has 9 nitrogen and oxygen atoms in total. The van der Waals surface area contributed by atoms with Gasteiger partial charge in [0, 0.05) is 10.5 Å². The Labute approximate surface area is 178 Å². The number of hydrogen-bond donors (Lipinski definition) is 2. The van der Waals surface area contributed by atoms with E-state index in [0.717, 1.165) is 16.0 Å². The van der Waals surface area contributed by atoms with Gasteiger partial charge in [0.25, 0.3) is 0 Å². The molecule has 2 aromatic carbocycles. The van der Waals surface area contributed by atoms with Gasteiger partial charge < -0.3 is 9.72 Å². The van der Waals surface area contributed by atoms with E-state index in [0.29, 0.717) is 28.0 Å². The summed E-state index contributed by atoms with van der Waals surface area (Å²) in [5, 5.41) is 16.1. The smallest absolute Gasteiger partial charge is 0.413 e. The molecule has 5 rings (SSSR count). The minimum absolute atomic E-state index is 0.294. The number of hydrogen-bond acceptors (Lipinski definition) is 7. The second-order valence-electron chi connectivity index (χ2n) is 6.46. The van der Waals surface area contributed by atoms with Crippen LogP contribution in [0, 0.1) is 5.82 Å². The van der Waals surface area contributed by atoms with Crippen LogP contribution in [-0.2, 0) is 4.74 Å². The van der Waals surface area contributed by atoms with E-state index in [1.54, 1.807) is 16.6 Å². The number of aromatic nitrogens is 6. The summed E-state index contributed by atoms with van der Waals surface area (Å²) in [7, 11) is 1.28. The number of nitrogens with zero attached hydrogens (tertiary/aromatic N) is 5. The number of amides is 1. The molecule has 0 saturated carbocycles. The van der Waals surface area contributed by atoms with Crippen LogP contribution >= 0.6 is 11.8 Å². The second-order valence-corrected chi connectivity index (χ2v) is 7.50. The second kappa shape index (κ2) is 7.69. The minimum atomic E-state index is -0.605. The van der Waals surface area contributed by atoms with E-state index in [9.17, 15) is 9.18 Å². The first-order valence-corrected chi connectivity index (χ1v) is 9.92. The highest BCUT2D eigenvalue weighted by Gasteiger charge is 2.12. The van der Waals surface area contributed by atoms with Gasteiger partial charge in [0.2, 0.25) is 11.1 Å². The predicted octanol–water partition coefficient (Wildman–Crippen LogP) is 4.14. The molecule has 0 bridgehead atoms. The number of ether oxygens (including phenoxy) is 1. The fraction of sp³-hybridized carbons (Fsp3) is 0.0500. The number of imidazole rings is 1. The number of methoxy groups -OCH3 is 1. The Hall–Kier alpha value is -3.99. The zero-order chi connectivity index (χ0) is 21.4. The van der Waals surface area contributed by atoms with E-state index in [4.69, 9.17) is 0 Å². The fourth-order valence-corrected chi connectivity index (χ4v) is 3.80. The van der Waals surface area contributed by atoms with Crippen molar-refractivity contribution in [2.45, 2.75) is 10.1 Å². The maximum Gasteiger partial charge on any atom is 0.413 e. The normalized spacial score (nSPS) is 11.2. The Morgan fingerprint density at radius 2 is 1.97 bits per heavy atom. The lowest BCUT2D eigenvalue weighted by molar-refractivity contribution is 0.186. The highest BCUT2D eigenvalue weighted by atomic mass is 32.2. The molecule has 0 atom stereocenters. The van der Waals surface area contributed by atoms with Gasteiger partial charge in [-0.15, -0.1) is 10.2 Å². The van der Waals surface area contributed by atoms with E-state index >= 15 is 0 Å². The SMILES string of the molecule is COC(=O)Nc1nc2ccc(Sc3nnc4ccc(-c5ccc(F)cc5)nn34)cc2[nH]1. The van der Waals surface area contributed by atoms with Crippen molar-refractivity contribution in [2.75, 3.05) is 12.4 Å². The third-order valence-electron chi connectivity index (χ3n) is 4.44. The average molecular weight is 435 g/mol. The molecule has 0 aliphatic rings. The van der Waals surface area contributed by atoms with Crippen LogP contribution in [0.4, 0.5) is 15.1 Å². The van der Waals surface area contributed by atoms with Gasteiger partial charge in [-0.25, -0.2) is 14.2 Å². The van der Waals surface area contributed by atoms with Crippen molar-refractivity contribution in [2.24, 2.45) is 0 Å². The van der Waals surface area contributed by atoms with Crippen LogP contribution < -0.4 is 5.32 Å². The number of aromatic amines is 1. The topological polar surface area (TPSA) is 110 Å². The number of H-pyrrole nitrogens is 1. The number of anilines is 1. The van der Waals surface area contributed by atoms with Crippen molar-refractivity contribution in [1.82, 2.24) is 29.8 Å². The van der Waals surface area contributed by atoms with Gasteiger partial charge in [-0.05, 0) is 66.4 Å². The monoisotopic (exact) mass is 435 g/mol. The quantitative estimate of drug-likeness (QED) is 0.437. The molecule has 3 aromatic heterocycles. The van der Waals surface area contributed by atoms with E-state index in [2.05, 4.69) is 35.3 Å². The summed E-state index contributed by atoms with van der Waals surface area (Å²) in [5.74, 6) is -0.00736. The highest BCUT2D eigenvalue weighted by molar-refractivity contribution is 7.99. The molecule has 11 heteroatoms. The molecular formula is C20H14FN7O2S. The minimum Gasteiger partial charge on any atom is -0.453 e. The molecule has 0 fully saturated rings. The largest absolute Gasteiger partial charge is 0.453 e. The molecule has 5 aromatic rings. The van der Waals surface area contributed by atoms with Crippen LogP contribution in [0.3, 0.4) is 0 Å². The zero-order valence-corrected chi connectivity index (χ0v) is 16.9. The van der Waals surface area contributed by atoms with Crippen LogP contribution in [0.2, 0.25) is 0 Å². The first kappa shape index (κ1) is 19.0. The van der Waals surface area contributed by atoms with Gasteiger partial charge in [0.1, 0.15) is 5.82 Å². The van der Waals surface area contributed by atoms with Crippen molar-refractivity contribution >= 4 is 40.5 Å². The van der Waals surface area contributed by atoms with Crippen molar-refractivity contribution in [3.05, 3.63) is 60.4 Å². The molecule has 0 saturated heterocycles. The van der Waals surface area contributed by atoms with Crippen molar-refractivity contribution in [3.63, 3.8) is 0 Å². The predicted molar refractivity (Wildman–Crippen MR) is 112 cm³/mol. The highest BCUT2D eigenvalue weighted by Crippen LogP contribution is 2.29. The van der Waals surface area contributed by atoms with Crippen LogP contribution in [0.1, 0.15) is 0 Å². The number of carbonyl (C=O) groups is 1. The first-order chi connectivity index (χ1) is 15.1. The summed E-state index contributed by atoms with van der Waals surface area (Å²) < 4.78 is 19.4. The number of benzene rings is 2. The Balaban J connectivity index is 1.45. The average Bonchev–Trinajstić information content (AvgIpc) is 3.37. The summed E-state index contributed by atoms with van der Waals surface area (Å²) in [6.45, 7) is 0. The molecule has 0 spiro atoms. The maximum absolute atomic E-state index is 13.2. The Morgan fingerprint density at radius 1 is 1.13 bits per heavy atom. The number of halogens is 1. The molecule has 0 aliphatic carbocycles. The molecule has 1 amide bonds. The van der Waals surface area contributed by atoms with Crippen molar-refractivity contribution in [3.8, 4) is 11.3 Å². The molecule has 31 heavy (non-hydrogen) atoms. The third kappa shape index (κ3) is 3.78. The van der Waals surface area contributed by atoms with E-state index in [1.165, 1.54) is 31.0 Å². The van der Waals surface area contributed by atoms with E-state index < -0.39 is 6.09 Å². The Bertz CT molecular complexity index is 1410. The van der Waals surface area contributed by atoms with E-state index in [1.807, 2.05) is 30.3 Å². The Morgan fingerprint density at radius 3 is 2.77 bits per heavy atom. The van der Waals surface area contributed by atoms with Crippen LogP contribution in [-0.4, -0.2) is 43.0 Å². The van der Waals surface area contributed by atoms with Gasteiger partial charge in [0.05, 0.1) is 23.8 Å². The van der Waals surface area contributed by atoms with Gasteiger partial charge in [-0.2, -0.15) is 9.61 Å². The van der Waals surface area contributed by atoms with Crippen molar-refractivity contribution in [1.29, 1.82) is 0 Å². The maximum atomic E-state index is 13.2. The number of rotatable bonds is 4. The zero-order valence-electron chi connectivity index (χ0n) is 16.0. The van der Waals surface area contributed by atoms with Gasteiger partial charge in [0.15, 0.2) is 5.65 Å². The van der Waals surface area contributed by atoms with Gasteiger partial charge in [-0.3, -0.25) is 5.32 Å². The first-order valence-electron chi connectivity index (χ1n) is 9.10. The summed E-state index contributed by atoms with van der Waals surface area (Å²) >= 11 is 1.38. The molecule has 154 valence electrons. The molecule has 0 unspecified atom stereocenters. The number of nitrogens with one attached hydrogen (secondary N) is 2. The number of carbonyl (C=O) groups excluding carboxylic acids is 1. The van der Waals surface area contributed by atoms with Crippen LogP contribution in [0.25, 0.3) is 27.9 Å². The van der Waals surface area contributed by atoms with Gasteiger partial charge in [-0.1, -0.05) is 0 Å². The molecule has 0 radical (unpaired) electrons. The van der Waals surface area contributed by atoms with Crippen LogP contribution in [0.5, 0.6) is 0 Å².